The van der Waals surface area contributed by atoms with Crippen molar-refractivity contribution in [2.24, 2.45) is 5.10 Å². The number of carbonyl (C=O) groups is 2. The lowest BCUT2D eigenvalue weighted by Gasteiger charge is -2.29. The average molecular weight is 407 g/mol. The molecule has 0 bridgehead atoms. The molecule has 0 spiro atoms. The highest BCUT2D eigenvalue weighted by Crippen LogP contribution is 2.27. The molecule has 1 heterocycles. The number of para-hydroxylation sites is 1. The summed E-state index contributed by atoms with van der Waals surface area (Å²) >= 11 is 0. The van der Waals surface area contributed by atoms with Crippen LogP contribution in [0.3, 0.4) is 0 Å². The van der Waals surface area contributed by atoms with Crippen LogP contribution in [0.2, 0.25) is 0 Å². The number of amides is 2. The summed E-state index contributed by atoms with van der Waals surface area (Å²) in [6.45, 7) is 6.88. The first kappa shape index (κ1) is 21.6. The van der Waals surface area contributed by atoms with E-state index in [0.29, 0.717) is 6.54 Å². The fourth-order valence-corrected chi connectivity index (χ4v) is 3.74. The Balaban J connectivity index is 1.47. The SMILES string of the molecule is CCN(CC)c1ccc(/C=N/NC(=O)CCC(=O)N2CCCc3ccccc32)cc1. The Kier molecular flexibility index (Phi) is 7.60. The molecule has 0 saturated carbocycles. The van der Waals surface area contributed by atoms with Gasteiger partial charge in [0.1, 0.15) is 0 Å². The average Bonchev–Trinajstić information content (AvgIpc) is 2.79. The third-order valence-corrected chi connectivity index (χ3v) is 5.40. The first-order chi connectivity index (χ1) is 14.6. The van der Waals surface area contributed by atoms with Gasteiger partial charge in [0.2, 0.25) is 11.8 Å². The second-order valence-corrected chi connectivity index (χ2v) is 7.33. The number of benzene rings is 2. The maximum absolute atomic E-state index is 12.6. The van der Waals surface area contributed by atoms with Gasteiger partial charge in [-0.3, -0.25) is 9.59 Å². The fourth-order valence-electron chi connectivity index (χ4n) is 3.74. The van der Waals surface area contributed by atoms with Gasteiger partial charge < -0.3 is 9.80 Å². The molecule has 0 saturated heterocycles. The van der Waals surface area contributed by atoms with Gasteiger partial charge in [-0.25, -0.2) is 5.43 Å². The van der Waals surface area contributed by atoms with E-state index in [0.717, 1.165) is 37.2 Å². The molecule has 3 rings (SSSR count). The molecule has 0 aliphatic carbocycles. The second kappa shape index (κ2) is 10.6. The number of rotatable bonds is 8. The highest BCUT2D eigenvalue weighted by atomic mass is 16.2. The van der Waals surface area contributed by atoms with Crippen LogP contribution in [0.4, 0.5) is 11.4 Å². The van der Waals surface area contributed by atoms with Crippen LogP contribution in [0, 0.1) is 0 Å². The lowest BCUT2D eigenvalue weighted by atomic mass is 10.0. The minimum atomic E-state index is -0.260. The molecular formula is C24H30N4O2. The van der Waals surface area contributed by atoms with E-state index in [-0.39, 0.29) is 24.7 Å². The molecule has 2 aromatic carbocycles. The van der Waals surface area contributed by atoms with Gasteiger partial charge in [-0.1, -0.05) is 30.3 Å². The summed E-state index contributed by atoms with van der Waals surface area (Å²) in [4.78, 5) is 28.7. The van der Waals surface area contributed by atoms with Crippen molar-refractivity contribution in [2.45, 2.75) is 39.5 Å². The summed E-state index contributed by atoms with van der Waals surface area (Å²) in [6, 6.07) is 16.0. The normalized spacial score (nSPS) is 13.2. The summed E-state index contributed by atoms with van der Waals surface area (Å²) < 4.78 is 0. The number of nitrogens with one attached hydrogen (secondary N) is 1. The predicted molar refractivity (Wildman–Crippen MR) is 122 cm³/mol. The molecular weight excluding hydrogens is 376 g/mol. The van der Waals surface area contributed by atoms with Crippen LogP contribution in [-0.4, -0.2) is 37.7 Å². The van der Waals surface area contributed by atoms with Gasteiger partial charge in [-0.2, -0.15) is 5.10 Å². The summed E-state index contributed by atoms with van der Waals surface area (Å²) in [5, 5.41) is 4.02. The summed E-state index contributed by atoms with van der Waals surface area (Å²) in [6.07, 6.45) is 3.86. The monoisotopic (exact) mass is 406 g/mol. The van der Waals surface area contributed by atoms with Gasteiger partial charge in [0, 0.05) is 43.9 Å². The molecule has 0 unspecified atom stereocenters. The Morgan fingerprint density at radius 2 is 1.80 bits per heavy atom. The number of nitrogens with zero attached hydrogens (tertiary/aromatic N) is 3. The zero-order chi connectivity index (χ0) is 21.3. The van der Waals surface area contributed by atoms with Crippen LogP contribution in [-0.2, 0) is 16.0 Å². The first-order valence-corrected chi connectivity index (χ1v) is 10.7. The van der Waals surface area contributed by atoms with Gasteiger partial charge in [0.15, 0.2) is 0 Å². The van der Waals surface area contributed by atoms with E-state index >= 15 is 0 Å². The van der Waals surface area contributed by atoms with E-state index < -0.39 is 0 Å². The van der Waals surface area contributed by atoms with Gasteiger partial charge in [0.25, 0.3) is 0 Å². The maximum atomic E-state index is 12.6. The number of carbonyl (C=O) groups excluding carboxylic acids is 2. The van der Waals surface area contributed by atoms with E-state index in [2.05, 4.69) is 35.3 Å². The largest absolute Gasteiger partial charge is 0.372 e. The molecule has 0 atom stereocenters. The quantitative estimate of drug-likeness (QED) is 0.536. The maximum Gasteiger partial charge on any atom is 0.240 e. The van der Waals surface area contributed by atoms with E-state index in [1.165, 1.54) is 11.3 Å². The van der Waals surface area contributed by atoms with Crippen LogP contribution in [0.1, 0.15) is 44.2 Å². The number of hydrogen-bond acceptors (Lipinski definition) is 4. The van der Waals surface area contributed by atoms with Crippen molar-refractivity contribution in [1.82, 2.24) is 5.43 Å². The second-order valence-electron chi connectivity index (χ2n) is 7.33. The molecule has 1 aliphatic heterocycles. The standard InChI is InChI=1S/C24H30N4O2/c1-3-27(4-2)21-13-11-19(12-14-21)18-25-26-23(29)15-16-24(30)28-17-7-9-20-8-5-6-10-22(20)28/h5-6,8,10-14,18H,3-4,7,9,15-17H2,1-2H3,(H,26,29)/b25-18+. The van der Waals surface area contributed by atoms with E-state index in [4.69, 9.17) is 0 Å². The van der Waals surface area contributed by atoms with Gasteiger partial charge in [-0.05, 0) is 56.0 Å². The topological polar surface area (TPSA) is 65.0 Å². The third-order valence-electron chi connectivity index (χ3n) is 5.40. The molecule has 1 N–H and O–H groups in total. The minimum absolute atomic E-state index is 0.0201. The van der Waals surface area contributed by atoms with Gasteiger partial charge in [0.05, 0.1) is 6.21 Å². The smallest absolute Gasteiger partial charge is 0.240 e. The van der Waals surface area contributed by atoms with Crippen molar-refractivity contribution in [3.05, 3.63) is 59.7 Å². The lowest BCUT2D eigenvalue weighted by molar-refractivity contribution is -0.125. The molecule has 2 amide bonds. The fraction of sp³-hybridized carbons (Fsp3) is 0.375. The van der Waals surface area contributed by atoms with Crippen molar-refractivity contribution in [2.75, 3.05) is 29.4 Å². The van der Waals surface area contributed by atoms with E-state index in [1.54, 1.807) is 11.1 Å². The summed E-state index contributed by atoms with van der Waals surface area (Å²) in [5.74, 6) is -0.280. The van der Waals surface area contributed by atoms with Crippen molar-refractivity contribution in [3.63, 3.8) is 0 Å². The number of aryl methyl sites for hydroxylation is 1. The Bertz CT molecular complexity index is 888. The number of hydrogen-bond donors (Lipinski definition) is 1. The molecule has 158 valence electrons. The van der Waals surface area contributed by atoms with Crippen molar-refractivity contribution < 1.29 is 9.59 Å². The van der Waals surface area contributed by atoms with Gasteiger partial charge >= 0.3 is 0 Å². The molecule has 6 nitrogen and oxygen atoms in total. The zero-order valence-corrected chi connectivity index (χ0v) is 17.8. The molecule has 0 fully saturated rings. The third kappa shape index (κ3) is 5.47. The number of hydrazone groups is 1. The predicted octanol–water partition coefficient (Wildman–Crippen LogP) is 3.74. The Morgan fingerprint density at radius 1 is 1.07 bits per heavy atom. The highest BCUT2D eigenvalue weighted by Gasteiger charge is 2.22. The van der Waals surface area contributed by atoms with Crippen LogP contribution in [0.15, 0.2) is 53.6 Å². The molecule has 30 heavy (non-hydrogen) atoms. The molecule has 1 aliphatic rings. The van der Waals surface area contributed by atoms with E-state index in [9.17, 15) is 9.59 Å². The lowest BCUT2D eigenvalue weighted by Crippen LogP contribution is -2.36. The van der Waals surface area contributed by atoms with Crippen molar-refractivity contribution >= 4 is 29.4 Å². The van der Waals surface area contributed by atoms with Crippen LogP contribution in [0.5, 0.6) is 0 Å². The Hall–Kier alpha value is -3.15. The molecule has 6 heteroatoms. The number of anilines is 2. The highest BCUT2D eigenvalue weighted by molar-refractivity contribution is 5.96. The van der Waals surface area contributed by atoms with Crippen LogP contribution >= 0.6 is 0 Å². The first-order valence-electron chi connectivity index (χ1n) is 10.7. The summed E-state index contributed by atoms with van der Waals surface area (Å²) in [7, 11) is 0. The van der Waals surface area contributed by atoms with E-state index in [1.807, 2.05) is 42.5 Å². The van der Waals surface area contributed by atoms with Gasteiger partial charge in [-0.15, -0.1) is 0 Å². The Morgan fingerprint density at radius 3 is 2.53 bits per heavy atom. The van der Waals surface area contributed by atoms with Crippen molar-refractivity contribution in [3.8, 4) is 0 Å². The van der Waals surface area contributed by atoms with Crippen molar-refractivity contribution in [1.29, 1.82) is 0 Å². The minimum Gasteiger partial charge on any atom is -0.372 e. The van der Waals surface area contributed by atoms with Crippen LogP contribution < -0.4 is 15.2 Å². The number of fused-ring (bicyclic) bond motifs is 1. The molecule has 2 aromatic rings. The Labute approximate surface area is 178 Å². The van der Waals surface area contributed by atoms with Crippen LogP contribution in [0.25, 0.3) is 0 Å². The zero-order valence-electron chi connectivity index (χ0n) is 17.8. The summed E-state index contributed by atoms with van der Waals surface area (Å²) in [5.41, 5.74) is 6.76. The molecule has 0 aromatic heterocycles. The molecule has 0 radical (unpaired) electrons.